The lowest BCUT2D eigenvalue weighted by atomic mass is 9.96. The number of cyclic esters (lactones) is 1. The zero-order valence-electron chi connectivity index (χ0n) is 6.59. The number of hydrogen-bond acceptors (Lipinski definition) is 2. The summed E-state index contributed by atoms with van der Waals surface area (Å²) in [5.74, 6) is 0.497. The van der Waals surface area contributed by atoms with Gasteiger partial charge in [-0.2, -0.15) is 0 Å². The van der Waals surface area contributed by atoms with Crippen LogP contribution in [0.25, 0.3) is 0 Å². The molecule has 0 aromatic carbocycles. The average Bonchev–Trinajstić information content (AvgIpc) is 1.85. The van der Waals surface area contributed by atoms with Gasteiger partial charge in [-0.25, -0.2) is 0 Å². The third-order valence-corrected chi connectivity index (χ3v) is 1.93. The maximum Gasteiger partial charge on any atom is 0.306 e. The molecule has 1 saturated heterocycles. The highest BCUT2D eigenvalue weighted by Gasteiger charge is 2.23. The molecule has 0 radical (unpaired) electrons. The van der Waals surface area contributed by atoms with E-state index in [-0.39, 0.29) is 12.1 Å². The Balaban J connectivity index is 2.42. The lowest BCUT2D eigenvalue weighted by molar-refractivity contribution is -0.156. The maximum absolute atomic E-state index is 10.8. The summed E-state index contributed by atoms with van der Waals surface area (Å²) in [7, 11) is 0. The number of carbonyl (C=O) groups excluding carboxylic acids is 1. The predicted molar refractivity (Wildman–Crippen MR) is 38.6 cm³/mol. The zero-order valence-corrected chi connectivity index (χ0v) is 6.59. The third kappa shape index (κ3) is 1.72. The quantitative estimate of drug-likeness (QED) is 0.521. The van der Waals surface area contributed by atoms with Gasteiger partial charge in [-0.05, 0) is 18.8 Å². The Morgan fingerprint density at radius 1 is 1.70 bits per heavy atom. The Labute approximate surface area is 61.6 Å². The van der Waals surface area contributed by atoms with Crippen molar-refractivity contribution >= 4 is 5.97 Å². The van der Waals surface area contributed by atoms with Crippen LogP contribution >= 0.6 is 0 Å². The second kappa shape index (κ2) is 3.04. The van der Waals surface area contributed by atoms with Crippen LogP contribution < -0.4 is 0 Å². The minimum atomic E-state index is -0.0226. The summed E-state index contributed by atoms with van der Waals surface area (Å²) in [6, 6.07) is 0. The molecule has 0 spiro atoms. The van der Waals surface area contributed by atoms with Gasteiger partial charge in [-0.15, -0.1) is 0 Å². The summed E-state index contributed by atoms with van der Waals surface area (Å²) < 4.78 is 5.07. The molecule has 0 bridgehead atoms. The number of carbonyl (C=O) groups is 1. The van der Waals surface area contributed by atoms with E-state index in [0.29, 0.717) is 12.3 Å². The first-order chi connectivity index (χ1) is 4.72. The first-order valence-electron chi connectivity index (χ1n) is 3.91. The van der Waals surface area contributed by atoms with Crippen molar-refractivity contribution in [2.24, 2.45) is 5.92 Å². The molecule has 10 heavy (non-hydrogen) atoms. The van der Waals surface area contributed by atoms with Crippen LogP contribution in [0.5, 0.6) is 0 Å². The summed E-state index contributed by atoms with van der Waals surface area (Å²) in [6.07, 6.45) is 2.80. The highest BCUT2D eigenvalue weighted by molar-refractivity contribution is 5.70. The summed E-state index contributed by atoms with van der Waals surface area (Å²) >= 11 is 0. The van der Waals surface area contributed by atoms with Crippen molar-refractivity contribution in [2.75, 3.05) is 0 Å². The van der Waals surface area contributed by atoms with Crippen molar-refractivity contribution in [3.63, 3.8) is 0 Å². The largest absolute Gasteiger partial charge is 0.462 e. The molecule has 1 aliphatic rings. The van der Waals surface area contributed by atoms with Gasteiger partial charge in [-0.3, -0.25) is 4.79 Å². The molecule has 0 saturated carbocycles. The van der Waals surface area contributed by atoms with E-state index in [9.17, 15) is 4.79 Å². The normalized spacial score (nSPS) is 33.6. The van der Waals surface area contributed by atoms with Crippen molar-refractivity contribution in [3.05, 3.63) is 0 Å². The SMILES string of the molecule is CC[C@@H]1C[C@@H](C)CC(=O)O1. The highest BCUT2D eigenvalue weighted by atomic mass is 16.5. The van der Waals surface area contributed by atoms with E-state index in [1.54, 1.807) is 0 Å². The van der Waals surface area contributed by atoms with Crippen molar-refractivity contribution < 1.29 is 9.53 Å². The number of hydrogen-bond donors (Lipinski definition) is 0. The number of rotatable bonds is 1. The third-order valence-electron chi connectivity index (χ3n) is 1.93. The van der Waals surface area contributed by atoms with Crippen LogP contribution in [0, 0.1) is 5.92 Å². The monoisotopic (exact) mass is 142 g/mol. The maximum atomic E-state index is 10.8. The lowest BCUT2D eigenvalue weighted by Gasteiger charge is -2.25. The fourth-order valence-corrected chi connectivity index (χ4v) is 1.35. The molecule has 1 heterocycles. The Morgan fingerprint density at radius 2 is 2.40 bits per heavy atom. The summed E-state index contributed by atoms with van der Waals surface area (Å²) in [5.41, 5.74) is 0. The molecule has 2 nitrogen and oxygen atoms in total. The molecule has 2 heteroatoms. The van der Waals surface area contributed by atoms with Gasteiger partial charge in [0.1, 0.15) is 6.10 Å². The predicted octanol–water partition coefficient (Wildman–Crippen LogP) is 1.74. The first kappa shape index (κ1) is 7.58. The van der Waals surface area contributed by atoms with E-state index in [4.69, 9.17) is 4.74 Å². The second-order valence-electron chi connectivity index (χ2n) is 3.07. The fraction of sp³-hybridized carbons (Fsp3) is 0.875. The Bertz CT molecular complexity index is 131. The van der Waals surface area contributed by atoms with Gasteiger partial charge in [-0.1, -0.05) is 13.8 Å². The molecule has 2 atom stereocenters. The van der Waals surface area contributed by atoms with E-state index in [2.05, 4.69) is 13.8 Å². The van der Waals surface area contributed by atoms with Crippen LogP contribution in [0.15, 0.2) is 0 Å². The minimum absolute atomic E-state index is 0.0226. The molecule has 0 aromatic heterocycles. The Hall–Kier alpha value is -0.530. The van der Waals surface area contributed by atoms with Gasteiger partial charge in [0.05, 0.1) is 0 Å². The van der Waals surface area contributed by atoms with Gasteiger partial charge >= 0.3 is 5.97 Å². The van der Waals surface area contributed by atoms with Gasteiger partial charge in [0.15, 0.2) is 0 Å². The van der Waals surface area contributed by atoms with Crippen LogP contribution in [0.3, 0.4) is 0 Å². The molecule has 0 unspecified atom stereocenters. The molecular weight excluding hydrogens is 128 g/mol. The van der Waals surface area contributed by atoms with Gasteiger partial charge in [0.2, 0.25) is 0 Å². The summed E-state index contributed by atoms with van der Waals surface area (Å²) in [6.45, 7) is 4.15. The van der Waals surface area contributed by atoms with E-state index >= 15 is 0 Å². The zero-order chi connectivity index (χ0) is 7.56. The lowest BCUT2D eigenvalue weighted by Crippen LogP contribution is -2.27. The molecule has 58 valence electrons. The van der Waals surface area contributed by atoms with E-state index < -0.39 is 0 Å². The highest BCUT2D eigenvalue weighted by Crippen LogP contribution is 2.21. The topological polar surface area (TPSA) is 26.3 Å². The van der Waals surface area contributed by atoms with Crippen LogP contribution in [0.4, 0.5) is 0 Å². The standard InChI is InChI=1S/C8H14O2/c1-3-7-4-6(2)5-8(9)10-7/h6-7H,3-5H2,1-2H3/t6-,7-/m1/s1. The summed E-state index contributed by atoms with van der Waals surface area (Å²) in [5, 5.41) is 0. The molecule has 1 rings (SSSR count). The molecule has 0 amide bonds. The van der Waals surface area contributed by atoms with Crippen molar-refractivity contribution in [1.29, 1.82) is 0 Å². The first-order valence-corrected chi connectivity index (χ1v) is 3.91. The molecule has 1 fully saturated rings. The van der Waals surface area contributed by atoms with Crippen LogP contribution in [0.1, 0.15) is 33.1 Å². The molecule has 0 N–H and O–H groups in total. The summed E-state index contributed by atoms with van der Waals surface area (Å²) in [4.78, 5) is 10.8. The number of esters is 1. The molecule has 0 aromatic rings. The fourth-order valence-electron chi connectivity index (χ4n) is 1.35. The second-order valence-corrected chi connectivity index (χ2v) is 3.07. The van der Waals surface area contributed by atoms with E-state index in [1.165, 1.54) is 0 Å². The van der Waals surface area contributed by atoms with Gasteiger partial charge < -0.3 is 4.74 Å². The Kier molecular flexibility index (Phi) is 2.30. The van der Waals surface area contributed by atoms with E-state index in [1.807, 2.05) is 0 Å². The van der Waals surface area contributed by atoms with Gasteiger partial charge in [0, 0.05) is 6.42 Å². The van der Waals surface area contributed by atoms with Crippen molar-refractivity contribution in [1.82, 2.24) is 0 Å². The van der Waals surface area contributed by atoms with Crippen LogP contribution in [-0.4, -0.2) is 12.1 Å². The number of ether oxygens (including phenoxy) is 1. The van der Waals surface area contributed by atoms with Crippen molar-refractivity contribution in [2.45, 2.75) is 39.2 Å². The smallest absolute Gasteiger partial charge is 0.306 e. The molecular formula is C8H14O2. The van der Waals surface area contributed by atoms with Gasteiger partial charge in [0.25, 0.3) is 0 Å². The molecule has 1 aliphatic heterocycles. The minimum Gasteiger partial charge on any atom is -0.462 e. The van der Waals surface area contributed by atoms with Crippen molar-refractivity contribution in [3.8, 4) is 0 Å². The Morgan fingerprint density at radius 3 is 2.90 bits per heavy atom. The van der Waals surface area contributed by atoms with Crippen LogP contribution in [0.2, 0.25) is 0 Å². The van der Waals surface area contributed by atoms with E-state index in [0.717, 1.165) is 12.8 Å². The van der Waals surface area contributed by atoms with Crippen LogP contribution in [-0.2, 0) is 9.53 Å². The molecule has 0 aliphatic carbocycles. The average molecular weight is 142 g/mol.